The summed E-state index contributed by atoms with van der Waals surface area (Å²) < 4.78 is 86.7. The highest BCUT2D eigenvalue weighted by atomic mass is 19.4. The lowest BCUT2D eigenvalue weighted by Gasteiger charge is -2.29. The summed E-state index contributed by atoms with van der Waals surface area (Å²) in [5.74, 6) is -2.12. The third kappa shape index (κ3) is 6.05. The molecule has 0 bridgehead atoms. The first kappa shape index (κ1) is 26.1. The molecule has 1 aliphatic rings. The molecule has 1 fully saturated rings. The third-order valence-electron chi connectivity index (χ3n) is 6.96. The standard InChI is InChI=1S/C29H28F6O/c1-2-3-4-5-18-6-8-19(9-7-18)22-15-24(30)27(25(31)16-22)21-10-12-23-20(14-21)11-13-26(28(23)32)36-17-29(33,34)35/h2-3,10-16,18-19H,4-9,17H2,1H3/b3-2+. The summed E-state index contributed by atoms with van der Waals surface area (Å²) in [6, 6.07) is 9.30. The van der Waals surface area contributed by atoms with Crippen LogP contribution >= 0.6 is 0 Å². The number of ether oxygens (including phenoxy) is 1. The second kappa shape index (κ2) is 11.0. The van der Waals surface area contributed by atoms with Crippen LogP contribution in [0.1, 0.15) is 56.9 Å². The van der Waals surface area contributed by atoms with Gasteiger partial charge in [0.05, 0.1) is 5.56 Å². The molecule has 36 heavy (non-hydrogen) atoms. The highest BCUT2D eigenvalue weighted by Gasteiger charge is 2.29. The van der Waals surface area contributed by atoms with E-state index in [0.717, 1.165) is 44.6 Å². The zero-order valence-corrected chi connectivity index (χ0v) is 20.0. The fourth-order valence-electron chi connectivity index (χ4n) is 5.09. The molecular formula is C29H28F6O. The van der Waals surface area contributed by atoms with Crippen molar-refractivity contribution in [2.24, 2.45) is 5.92 Å². The number of halogens is 6. The maximum atomic E-state index is 15.1. The van der Waals surface area contributed by atoms with Crippen molar-refractivity contribution in [2.45, 2.75) is 57.5 Å². The predicted octanol–water partition coefficient (Wildman–Crippen LogP) is 9.50. The largest absolute Gasteiger partial charge is 0.481 e. The van der Waals surface area contributed by atoms with E-state index in [9.17, 15) is 17.6 Å². The minimum Gasteiger partial charge on any atom is -0.481 e. The fourth-order valence-corrected chi connectivity index (χ4v) is 5.09. The van der Waals surface area contributed by atoms with E-state index in [0.29, 0.717) is 16.9 Å². The minimum absolute atomic E-state index is 0.00190. The number of benzene rings is 3. The number of hydrogen-bond acceptors (Lipinski definition) is 1. The molecule has 0 saturated heterocycles. The maximum absolute atomic E-state index is 15.1. The van der Waals surface area contributed by atoms with Gasteiger partial charge in [0.1, 0.15) is 11.6 Å². The Morgan fingerprint density at radius 1 is 0.917 bits per heavy atom. The Morgan fingerprint density at radius 3 is 2.25 bits per heavy atom. The molecule has 1 nitrogen and oxygen atoms in total. The van der Waals surface area contributed by atoms with Crippen molar-refractivity contribution in [2.75, 3.05) is 6.61 Å². The monoisotopic (exact) mass is 506 g/mol. The van der Waals surface area contributed by atoms with Crippen LogP contribution in [0.2, 0.25) is 0 Å². The van der Waals surface area contributed by atoms with Gasteiger partial charge in [-0.2, -0.15) is 13.2 Å². The highest BCUT2D eigenvalue weighted by molar-refractivity contribution is 5.89. The molecule has 3 aromatic rings. The van der Waals surface area contributed by atoms with E-state index in [-0.39, 0.29) is 22.4 Å². The van der Waals surface area contributed by atoms with Crippen LogP contribution in [-0.4, -0.2) is 12.8 Å². The summed E-state index contributed by atoms with van der Waals surface area (Å²) in [7, 11) is 0. The van der Waals surface area contributed by atoms with Crippen LogP contribution < -0.4 is 4.74 Å². The molecule has 3 aromatic carbocycles. The first-order chi connectivity index (χ1) is 17.2. The Balaban J connectivity index is 1.53. The van der Waals surface area contributed by atoms with Gasteiger partial charge in [0.25, 0.3) is 0 Å². The number of alkyl halides is 3. The van der Waals surface area contributed by atoms with Crippen LogP contribution in [0.3, 0.4) is 0 Å². The summed E-state index contributed by atoms with van der Waals surface area (Å²) in [6.45, 7) is 0.390. The van der Waals surface area contributed by atoms with E-state index in [1.54, 1.807) is 0 Å². The number of rotatable bonds is 7. The van der Waals surface area contributed by atoms with Gasteiger partial charge >= 0.3 is 6.18 Å². The number of hydrogen-bond donors (Lipinski definition) is 0. The molecule has 0 radical (unpaired) electrons. The molecule has 0 heterocycles. The Labute approximate surface area is 206 Å². The first-order valence-corrected chi connectivity index (χ1v) is 12.2. The van der Waals surface area contributed by atoms with E-state index in [4.69, 9.17) is 0 Å². The molecule has 0 spiro atoms. The van der Waals surface area contributed by atoms with Gasteiger partial charge in [0.15, 0.2) is 18.2 Å². The van der Waals surface area contributed by atoms with Crippen molar-refractivity contribution in [1.29, 1.82) is 0 Å². The lowest BCUT2D eigenvalue weighted by molar-refractivity contribution is -0.153. The maximum Gasteiger partial charge on any atom is 0.422 e. The zero-order chi connectivity index (χ0) is 25.9. The minimum atomic E-state index is -4.60. The van der Waals surface area contributed by atoms with Crippen LogP contribution in [-0.2, 0) is 0 Å². The molecule has 0 amide bonds. The van der Waals surface area contributed by atoms with Gasteiger partial charge in [-0.1, -0.05) is 30.4 Å². The van der Waals surface area contributed by atoms with Gasteiger partial charge in [-0.15, -0.1) is 0 Å². The van der Waals surface area contributed by atoms with Crippen molar-refractivity contribution in [1.82, 2.24) is 0 Å². The van der Waals surface area contributed by atoms with E-state index >= 15 is 8.78 Å². The van der Waals surface area contributed by atoms with E-state index in [1.165, 1.54) is 36.4 Å². The van der Waals surface area contributed by atoms with Crippen molar-refractivity contribution >= 4 is 10.8 Å². The van der Waals surface area contributed by atoms with Gasteiger partial charge in [-0.25, -0.2) is 13.2 Å². The Bertz CT molecular complexity index is 1220. The zero-order valence-electron chi connectivity index (χ0n) is 20.0. The van der Waals surface area contributed by atoms with E-state index in [2.05, 4.69) is 16.9 Å². The average Bonchev–Trinajstić information content (AvgIpc) is 2.83. The number of fused-ring (bicyclic) bond motifs is 1. The fraction of sp³-hybridized carbons (Fsp3) is 0.379. The topological polar surface area (TPSA) is 9.23 Å². The van der Waals surface area contributed by atoms with Crippen molar-refractivity contribution < 1.29 is 31.1 Å². The van der Waals surface area contributed by atoms with Crippen LogP contribution in [0.15, 0.2) is 54.6 Å². The van der Waals surface area contributed by atoms with Crippen molar-refractivity contribution in [3.63, 3.8) is 0 Å². The van der Waals surface area contributed by atoms with Gasteiger partial charge < -0.3 is 4.74 Å². The van der Waals surface area contributed by atoms with Gasteiger partial charge in [-0.3, -0.25) is 0 Å². The summed E-state index contributed by atoms with van der Waals surface area (Å²) in [4.78, 5) is 0. The quantitative estimate of drug-likeness (QED) is 0.229. The molecule has 0 aromatic heterocycles. The lowest BCUT2D eigenvalue weighted by atomic mass is 9.77. The molecule has 1 aliphatic carbocycles. The van der Waals surface area contributed by atoms with Crippen LogP contribution in [0.4, 0.5) is 26.3 Å². The van der Waals surface area contributed by atoms with Crippen LogP contribution in [0, 0.1) is 23.4 Å². The van der Waals surface area contributed by atoms with Gasteiger partial charge in [0, 0.05) is 5.39 Å². The third-order valence-corrected chi connectivity index (χ3v) is 6.96. The van der Waals surface area contributed by atoms with Gasteiger partial charge in [0.2, 0.25) is 0 Å². The molecule has 0 N–H and O–H groups in total. The molecular weight excluding hydrogens is 478 g/mol. The summed E-state index contributed by atoms with van der Waals surface area (Å²) in [6.07, 6.45) is 5.68. The molecule has 0 aliphatic heterocycles. The van der Waals surface area contributed by atoms with Crippen molar-refractivity contribution in [3.05, 3.63) is 77.6 Å². The SMILES string of the molecule is C/C=C/CCC1CCC(c2cc(F)c(-c3ccc4c(F)c(OCC(F)(F)F)ccc4c3)c(F)c2)CC1. The lowest BCUT2D eigenvalue weighted by Crippen LogP contribution is -2.19. The highest BCUT2D eigenvalue weighted by Crippen LogP contribution is 2.40. The normalized spacial score (nSPS) is 18.8. The predicted molar refractivity (Wildman–Crippen MR) is 130 cm³/mol. The van der Waals surface area contributed by atoms with Crippen molar-refractivity contribution in [3.8, 4) is 16.9 Å². The number of allylic oxidation sites excluding steroid dienone is 2. The smallest absolute Gasteiger partial charge is 0.422 e. The first-order valence-electron chi connectivity index (χ1n) is 12.2. The average molecular weight is 507 g/mol. The summed E-state index contributed by atoms with van der Waals surface area (Å²) >= 11 is 0. The van der Waals surface area contributed by atoms with E-state index in [1.807, 2.05) is 6.92 Å². The molecule has 1 saturated carbocycles. The molecule has 192 valence electrons. The Hall–Kier alpha value is -2.96. The summed E-state index contributed by atoms with van der Waals surface area (Å²) in [5.41, 5.74) is 0.664. The molecule has 0 unspecified atom stereocenters. The summed E-state index contributed by atoms with van der Waals surface area (Å²) in [5, 5.41) is 0.297. The second-order valence-electron chi connectivity index (χ2n) is 9.44. The second-order valence-corrected chi connectivity index (χ2v) is 9.44. The van der Waals surface area contributed by atoms with Gasteiger partial charge in [-0.05, 0) is 98.1 Å². The Kier molecular flexibility index (Phi) is 7.96. The van der Waals surface area contributed by atoms with Crippen LogP contribution in [0.25, 0.3) is 21.9 Å². The molecule has 7 heteroatoms. The van der Waals surface area contributed by atoms with Crippen LogP contribution in [0.5, 0.6) is 5.75 Å². The molecule has 4 rings (SSSR count). The molecule has 0 atom stereocenters. The Morgan fingerprint density at radius 2 is 1.61 bits per heavy atom. The van der Waals surface area contributed by atoms with E-state index < -0.39 is 36.0 Å².